The van der Waals surface area contributed by atoms with Crippen molar-refractivity contribution in [1.82, 2.24) is 4.98 Å². The molecule has 1 amide bonds. The van der Waals surface area contributed by atoms with Gasteiger partial charge in [0.1, 0.15) is 16.8 Å². The number of thioether (sulfide) groups is 1. The second-order valence-electron chi connectivity index (χ2n) is 8.53. The zero-order valence-corrected chi connectivity index (χ0v) is 21.5. The van der Waals surface area contributed by atoms with E-state index in [1.165, 1.54) is 11.8 Å². The van der Waals surface area contributed by atoms with Gasteiger partial charge in [0.2, 0.25) is 5.91 Å². The average Bonchev–Trinajstić information content (AvgIpc) is 2.89. The minimum Gasteiger partial charge on any atom is -0.496 e. The molecule has 0 aliphatic heterocycles. The van der Waals surface area contributed by atoms with Crippen LogP contribution in [0.1, 0.15) is 23.6 Å². The predicted octanol–water partition coefficient (Wildman–Crippen LogP) is 7.03. The van der Waals surface area contributed by atoms with Crippen LogP contribution in [0.15, 0.2) is 83.9 Å². The largest absolute Gasteiger partial charge is 0.496 e. The van der Waals surface area contributed by atoms with Crippen LogP contribution < -0.4 is 10.1 Å². The molecule has 0 saturated heterocycles. The summed E-state index contributed by atoms with van der Waals surface area (Å²) in [5, 5.41) is 13.2. The number of benzene rings is 3. The molecule has 4 rings (SSSR count). The summed E-state index contributed by atoms with van der Waals surface area (Å²) in [5.74, 6) is 0.505. The van der Waals surface area contributed by atoms with Crippen molar-refractivity contribution in [3.8, 4) is 34.2 Å². The highest BCUT2D eigenvalue weighted by atomic mass is 32.2. The first kappa shape index (κ1) is 25.0. The summed E-state index contributed by atoms with van der Waals surface area (Å²) in [6.07, 6.45) is 0. The Hall–Kier alpha value is -4.08. The third kappa shape index (κ3) is 5.59. The molecule has 1 aromatic heterocycles. The van der Waals surface area contributed by atoms with E-state index in [4.69, 9.17) is 9.72 Å². The second-order valence-corrected chi connectivity index (χ2v) is 9.86. The van der Waals surface area contributed by atoms with Gasteiger partial charge in [-0.15, -0.1) is 0 Å². The zero-order valence-electron chi connectivity index (χ0n) is 20.7. The number of rotatable bonds is 7. The van der Waals surface area contributed by atoms with Gasteiger partial charge < -0.3 is 10.1 Å². The lowest BCUT2D eigenvalue weighted by Gasteiger charge is -2.17. The highest BCUT2D eigenvalue weighted by Crippen LogP contribution is 2.39. The Morgan fingerprint density at radius 1 is 0.972 bits per heavy atom. The summed E-state index contributed by atoms with van der Waals surface area (Å²) >= 11 is 1.27. The van der Waals surface area contributed by atoms with Crippen LogP contribution in [0.5, 0.6) is 5.75 Å². The number of aryl methyl sites for hydroxylation is 2. The molecule has 0 spiro atoms. The maximum Gasteiger partial charge on any atom is 0.237 e. The molecule has 0 aliphatic rings. The SMILES string of the molecule is COc1ccccc1-c1cc(-c2ccc(C)cc2)nc(S[C@H](C)C(=O)Nc2ccc(C)cc2)c1C#N. The monoisotopic (exact) mass is 493 g/mol. The Kier molecular flexibility index (Phi) is 7.72. The minimum absolute atomic E-state index is 0.158. The first-order valence-electron chi connectivity index (χ1n) is 11.6. The van der Waals surface area contributed by atoms with Gasteiger partial charge in [0, 0.05) is 22.4 Å². The molecule has 0 saturated carbocycles. The van der Waals surface area contributed by atoms with Crippen LogP contribution in [-0.2, 0) is 4.79 Å². The Morgan fingerprint density at radius 2 is 1.61 bits per heavy atom. The fourth-order valence-corrected chi connectivity index (χ4v) is 4.69. The molecule has 5 nitrogen and oxygen atoms in total. The summed E-state index contributed by atoms with van der Waals surface area (Å²) < 4.78 is 5.59. The summed E-state index contributed by atoms with van der Waals surface area (Å²) in [6.45, 7) is 5.85. The van der Waals surface area contributed by atoms with E-state index in [9.17, 15) is 10.1 Å². The van der Waals surface area contributed by atoms with Crippen LogP contribution in [0.4, 0.5) is 5.69 Å². The zero-order chi connectivity index (χ0) is 25.7. The van der Waals surface area contributed by atoms with E-state index in [0.29, 0.717) is 21.9 Å². The molecule has 0 unspecified atom stereocenters. The number of carbonyl (C=O) groups excluding carboxylic acids is 1. The lowest BCUT2D eigenvalue weighted by atomic mass is 9.98. The van der Waals surface area contributed by atoms with E-state index in [1.54, 1.807) is 7.11 Å². The lowest BCUT2D eigenvalue weighted by Crippen LogP contribution is -2.22. The van der Waals surface area contributed by atoms with Gasteiger partial charge in [0.05, 0.1) is 23.6 Å². The van der Waals surface area contributed by atoms with Crippen molar-refractivity contribution < 1.29 is 9.53 Å². The van der Waals surface area contributed by atoms with E-state index in [1.807, 2.05) is 99.6 Å². The second kappa shape index (κ2) is 11.1. The molecule has 3 aromatic carbocycles. The number of nitrogens with zero attached hydrogens (tertiary/aromatic N) is 2. The number of nitrogens with one attached hydrogen (secondary N) is 1. The molecule has 0 bridgehead atoms. The molecule has 1 heterocycles. The minimum atomic E-state index is -0.482. The van der Waals surface area contributed by atoms with Gasteiger partial charge in [-0.25, -0.2) is 4.98 Å². The number of hydrogen-bond acceptors (Lipinski definition) is 5. The fourth-order valence-electron chi connectivity index (χ4n) is 3.77. The molecule has 6 heteroatoms. The van der Waals surface area contributed by atoms with Gasteiger partial charge in [-0.05, 0) is 45.0 Å². The van der Waals surface area contributed by atoms with Gasteiger partial charge in [0.15, 0.2) is 0 Å². The number of para-hydroxylation sites is 1. The Balaban J connectivity index is 1.77. The van der Waals surface area contributed by atoms with Crippen LogP contribution in [0, 0.1) is 25.2 Å². The summed E-state index contributed by atoms with van der Waals surface area (Å²) in [5.41, 5.74) is 6.58. The molecule has 1 atom stereocenters. The molecule has 0 fully saturated rings. The van der Waals surface area contributed by atoms with Crippen molar-refractivity contribution in [2.75, 3.05) is 12.4 Å². The molecule has 0 radical (unpaired) electrons. The van der Waals surface area contributed by atoms with Gasteiger partial charge >= 0.3 is 0 Å². The molecular formula is C30H27N3O2S. The fraction of sp³-hybridized carbons (Fsp3) is 0.167. The van der Waals surface area contributed by atoms with E-state index < -0.39 is 5.25 Å². The number of ether oxygens (including phenoxy) is 1. The number of hydrogen-bond donors (Lipinski definition) is 1. The number of aromatic nitrogens is 1. The van der Waals surface area contributed by atoms with Crippen LogP contribution in [0.3, 0.4) is 0 Å². The van der Waals surface area contributed by atoms with Crippen LogP contribution in [0.2, 0.25) is 0 Å². The van der Waals surface area contributed by atoms with Crippen LogP contribution >= 0.6 is 11.8 Å². The topological polar surface area (TPSA) is 75.0 Å². The number of anilines is 1. The smallest absolute Gasteiger partial charge is 0.237 e. The standard InChI is InChI=1S/C30H27N3O2S/c1-19-9-13-22(14-10-19)27-17-25(24-7-5-6-8-28(24)35-4)26(18-31)30(33-27)36-21(3)29(34)32-23-15-11-20(2)12-16-23/h5-17,21H,1-4H3,(H,32,34)/t21-/m1/s1. The predicted molar refractivity (Wildman–Crippen MR) is 146 cm³/mol. The van der Waals surface area contributed by atoms with Crippen LogP contribution in [-0.4, -0.2) is 23.3 Å². The van der Waals surface area contributed by atoms with Gasteiger partial charge in [0.25, 0.3) is 0 Å². The van der Waals surface area contributed by atoms with Gasteiger partial charge in [-0.2, -0.15) is 5.26 Å². The molecule has 180 valence electrons. The summed E-state index contributed by atoms with van der Waals surface area (Å²) in [4.78, 5) is 17.8. The molecular weight excluding hydrogens is 466 g/mol. The highest BCUT2D eigenvalue weighted by molar-refractivity contribution is 8.00. The van der Waals surface area contributed by atoms with Crippen molar-refractivity contribution in [3.05, 3.63) is 95.6 Å². The van der Waals surface area contributed by atoms with E-state index in [-0.39, 0.29) is 5.91 Å². The van der Waals surface area contributed by atoms with E-state index >= 15 is 0 Å². The Labute approximate surface area is 216 Å². The number of carbonyl (C=O) groups is 1. The number of amides is 1. The van der Waals surface area contributed by atoms with Crippen molar-refractivity contribution >= 4 is 23.4 Å². The van der Waals surface area contributed by atoms with Crippen molar-refractivity contribution in [2.24, 2.45) is 0 Å². The maximum atomic E-state index is 13.0. The van der Waals surface area contributed by atoms with Gasteiger partial charge in [-0.1, -0.05) is 77.5 Å². The lowest BCUT2D eigenvalue weighted by molar-refractivity contribution is -0.115. The highest BCUT2D eigenvalue weighted by Gasteiger charge is 2.22. The third-order valence-electron chi connectivity index (χ3n) is 5.82. The number of nitriles is 1. The normalized spacial score (nSPS) is 11.4. The molecule has 36 heavy (non-hydrogen) atoms. The number of methoxy groups -OCH3 is 1. The quantitative estimate of drug-likeness (QED) is 0.280. The van der Waals surface area contributed by atoms with Crippen LogP contribution in [0.25, 0.3) is 22.4 Å². The van der Waals surface area contributed by atoms with E-state index in [2.05, 4.69) is 11.4 Å². The van der Waals surface area contributed by atoms with Crippen molar-refractivity contribution in [3.63, 3.8) is 0 Å². The summed E-state index contributed by atoms with van der Waals surface area (Å²) in [6, 6.07) is 27.6. The first-order chi connectivity index (χ1) is 17.4. The Bertz CT molecular complexity index is 1420. The molecule has 1 N–H and O–H groups in total. The van der Waals surface area contributed by atoms with Gasteiger partial charge in [-0.3, -0.25) is 4.79 Å². The van der Waals surface area contributed by atoms with E-state index in [0.717, 1.165) is 33.6 Å². The Morgan fingerprint density at radius 3 is 2.25 bits per heavy atom. The first-order valence-corrected chi connectivity index (χ1v) is 12.5. The molecule has 0 aliphatic carbocycles. The third-order valence-corrected chi connectivity index (χ3v) is 6.91. The summed E-state index contributed by atoms with van der Waals surface area (Å²) in [7, 11) is 1.61. The molecule has 4 aromatic rings. The van der Waals surface area contributed by atoms with Crippen molar-refractivity contribution in [1.29, 1.82) is 5.26 Å². The van der Waals surface area contributed by atoms with Crippen molar-refractivity contribution in [2.45, 2.75) is 31.0 Å². The maximum absolute atomic E-state index is 13.0. The average molecular weight is 494 g/mol. The number of pyridine rings is 1.